The van der Waals surface area contributed by atoms with Crippen molar-refractivity contribution >= 4 is 11.4 Å². The molecule has 1 atom stereocenters. The van der Waals surface area contributed by atoms with E-state index in [-0.39, 0.29) is 0 Å². The van der Waals surface area contributed by atoms with E-state index >= 15 is 0 Å². The van der Waals surface area contributed by atoms with Crippen LogP contribution in [0.2, 0.25) is 0 Å². The second-order valence-corrected chi connectivity index (χ2v) is 4.61. The summed E-state index contributed by atoms with van der Waals surface area (Å²) in [7, 11) is 5.03. The predicted octanol–water partition coefficient (Wildman–Crippen LogP) is 2.34. The molecule has 106 valence electrons. The molecule has 0 saturated heterocycles. The summed E-state index contributed by atoms with van der Waals surface area (Å²) in [5.41, 5.74) is 2.12. The number of anilines is 2. The van der Waals surface area contributed by atoms with Crippen LogP contribution >= 0.6 is 0 Å². The van der Waals surface area contributed by atoms with E-state index in [2.05, 4.69) is 10.6 Å². The van der Waals surface area contributed by atoms with Crippen LogP contribution in [0.5, 0.6) is 11.5 Å². The summed E-state index contributed by atoms with van der Waals surface area (Å²) in [6.07, 6.45) is 2.13. The van der Waals surface area contributed by atoms with Crippen molar-refractivity contribution in [3.05, 3.63) is 12.1 Å². The van der Waals surface area contributed by atoms with Gasteiger partial charge in [-0.1, -0.05) is 0 Å². The summed E-state index contributed by atoms with van der Waals surface area (Å²) in [5.74, 6) is 1.49. The van der Waals surface area contributed by atoms with Crippen LogP contribution in [0.15, 0.2) is 12.1 Å². The summed E-state index contributed by atoms with van der Waals surface area (Å²) in [6, 6.07) is 4.36. The molecular weight excluding hydrogens is 244 g/mol. The van der Waals surface area contributed by atoms with E-state index in [1.165, 1.54) is 0 Å². The third kappa shape index (κ3) is 3.23. The molecule has 1 aromatic rings. The van der Waals surface area contributed by atoms with Crippen LogP contribution in [0.1, 0.15) is 12.8 Å². The molecule has 5 heteroatoms. The number of hydrogen-bond acceptors (Lipinski definition) is 5. The van der Waals surface area contributed by atoms with Crippen molar-refractivity contribution in [3.8, 4) is 11.5 Å². The Morgan fingerprint density at radius 1 is 1.11 bits per heavy atom. The average Bonchev–Trinajstić information content (AvgIpc) is 2.46. The van der Waals surface area contributed by atoms with Crippen molar-refractivity contribution in [1.82, 2.24) is 0 Å². The van der Waals surface area contributed by atoms with Gasteiger partial charge in [0.25, 0.3) is 0 Å². The molecule has 1 aliphatic heterocycles. The van der Waals surface area contributed by atoms with E-state index in [9.17, 15) is 0 Å². The predicted molar refractivity (Wildman–Crippen MR) is 76.6 cm³/mol. The van der Waals surface area contributed by atoms with Crippen molar-refractivity contribution in [1.29, 1.82) is 0 Å². The zero-order valence-electron chi connectivity index (χ0n) is 11.8. The first kappa shape index (κ1) is 13.8. The maximum atomic E-state index is 5.32. The van der Waals surface area contributed by atoms with Crippen LogP contribution < -0.4 is 20.1 Å². The lowest BCUT2D eigenvalue weighted by Crippen LogP contribution is -2.33. The summed E-state index contributed by atoms with van der Waals surface area (Å²) in [5, 5.41) is 6.96. The van der Waals surface area contributed by atoms with E-state index in [0.717, 1.165) is 48.9 Å². The van der Waals surface area contributed by atoms with Crippen LogP contribution in [0.3, 0.4) is 0 Å². The van der Waals surface area contributed by atoms with Crippen molar-refractivity contribution in [2.45, 2.75) is 18.9 Å². The fraction of sp³-hybridized carbons (Fsp3) is 0.571. The molecule has 19 heavy (non-hydrogen) atoms. The quantitative estimate of drug-likeness (QED) is 0.774. The summed E-state index contributed by atoms with van der Waals surface area (Å²) in [6.45, 7) is 1.71. The maximum absolute atomic E-state index is 5.32. The monoisotopic (exact) mass is 266 g/mol. The van der Waals surface area contributed by atoms with E-state index < -0.39 is 0 Å². The van der Waals surface area contributed by atoms with Crippen LogP contribution in [-0.4, -0.2) is 40.5 Å². The summed E-state index contributed by atoms with van der Waals surface area (Å²) >= 11 is 0. The Labute approximate surface area is 114 Å². The SMILES string of the molecule is COCCCC1CNc2cc(OC)c(OC)cc2N1. The Morgan fingerprint density at radius 3 is 2.42 bits per heavy atom. The number of nitrogens with one attached hydrogen (secondary N) is 2. The van der Waals surface area contributed by atoms with Gasteiger partial charge in [-0.15, -0.1) is 0 Å². The molecule has 2 rings (SSSR count). The Morgan fingerprint density at radius 2 is 1.79 bits per heavy atom. The molecule has 1 aromatic carbocycles. The lowest BCUT2D eigenvalue weighted by molar-refractivity contribution is 0.191. The van der Waals surface area contributed by atoms with Gasteiger partial charge < -0.3 is 24.8 Å². The first-order valence-corrected chi connectivity index (χ1v) is 6.54. The molecule has 0 radical (unpaired) electrons. The molecule has 0 saturated carbocycles. The van der Waals surface area contributed by atoms with Gasteiger partial charge in [0, 0.05) is 38.4 Å². The Hall–Kier alpha value is -1.62. The number of fused-ring (bicyclic) bond motifs is 1. The molecule has 1 aliphatic rings. The number of hydrogen-bond donors (Lipinski definition) is 2. The molecule has 5 nitrogen and oxygen atoms in total. The van der Waals surface area contributed by atoms with Gasteiger partial charge in [0.05, 0.1) is 25.6 Å². The number of methoxy groups -OCH3 is 3. The fourth-order valence-corrected chi connectivity index (χ4v) is 2.30. The minimum absolute atomic E-state index is 0.417. The van der Waals surface area contributed by atoms with Crippen LogP contribution in [0.4, 0.5) is 11.4 Å². The topological polar surface area (TPSA) is 51.8 Å². The van der Waals surface area contributed by atoms with Gasteiger partial charge in [0.1, 0.15) is 0 Å². The number of ether oxygens (including phenoxy) is 3. The van der Waals surface area contributed by atoms with Gasteiger partial charge in [-0.25, -0.2) is 0 Å². The first-order chi connectivity index (χ1) is 9.28. The molecule has 0 spiro atoms. The highest BCUT2D eigenvalue weighted by molar-refractivity contribution is 5.76. The standard InChI is InChI=1S/C14H22N2O3/c1-17-6-4-5-10-9-15-11-7-13(18-2)14(19-3)8-12(11)16-10/h7-8,10,15-16H,4-6,9H2,1-3H3. The highest BCUT2D eigenvalue weighted by Gasteiger charge is 2.19. The fourth-order valence-electron chi connectivity index (χ4n) is 2.30. The number of rotatable bonds is 6. The van der Waals surface area contributed by atoms with E-state index in [0.29, 0.717) is 6.04 Å². The van der Waals surface area contributed by atoms with Gasteiger partial charge in [0.15, 0.2) is 11.5 Å². The van der Waals surface area contributed by atoms with Gasteiger partial charge in [0.2, 0.25) is 0 Å². The normalized spacial score (nSPS) is 17.1. The lowest BCUT2D eigenvalue weighted by atomic mass is 10.1. The molecular formula is C14H22N2O3. The maximum Gasteiger partial charge on any atom is 0.162 e. The highest BCUT2D eigenvalue weighted by atomic mass is 16.5. The van der Waals surface area contributed by atoms with Crippen molar-refractivity contribution < 1.29 is 14.2 Å². The molecule has 0 fully saturated rings. The van der Waals surface area contributed by atoms with Gasteiger partial charge in [-0.3, -0.25) is 0 Å². The summed E-state index contributed by atoms with van der Waals surface area (Å²) in [4.78, 5) is 0. The van der Waals surface area contributed by atoms with Crippen LogP contribution in [0, 0.1) is 0 Å². The second kappa shape index (κ2) is 6.52. The third-order valence-electron chi connectivity index (χ3n) is 3.32. The third-order valence-corrected chi connectivity index (χ3v) is 3.32. The van der Waals surface area contributed by atoms with Crippen LogP contribution in [-0.2, 0) is 4.74 Å². The van der Waals surface area contributed by atoms with E-state index in [1.54, 1.807) is 21.3 Å². The van der Waals surface area contributed by atoms with Gasteiger partial charge in [-0.05, 0) is 12.8 Å². The van der Waals surface area contributed by atoms with Crippen molar-refractivity contribution in [2.24, 2.45) is 0 Å². The van der Waals surface area contributed by atoms with E-state index in [1.807, 2.05) is 12.1 Å². The zero-order chi connectivity index (χ0) is 13.7. The highest BCUT2D eigenvalue weighted by Crippen LogP contribution is 2.38. The van der Waals surface area contributed by atoms with Crippen molar-refractivity contribution in [2.75, 3.05) is 45.1 Å². The average molecular weight is 266 g/mol. The lowest BCUT2D eigenvalue weighted by Gasteiger charge is -2.29. The van der Waals surface area contributed by atoms with E-state index in [4.69, 9.17) is 14.2 Å². The minimum Gasteiger partial charge on any atom is -0.493 e. The number of benzene rings is 1. The smallest absolute Gasteiger partial charge is 0.162 e. The van der Waals surface area contributed by atoms with Crippen LogP contribution in [0.25, 0.3) is 0 Å². The zero-order valence-corrected chi connectivity index (χ0v) is 11.8. The molecule has 0 aliphatic carbocycles. The molecule has 0 bridgehead atoms. The second-order valence-electron chi connectivity index (χ2n) is 4.61. The Bertz CT molecular complexity index is 423. The van der Waals surface area contributed by atoms with Crippen molar-refractivity contribution in [3.63, 3.8) is 0 Å². The van der Waals surface area contributed by atoms with Gasteiger partial charge in [-0.2, -0.15) is 0 Å². The largest absolute Gasteiger partial charge is 0.493 e. The molecule has 2 N–H and O–H groups in total. The Kier molecular flexibility index (Phi) is 4.74. The molecule has 0 amide bonds. The summed E-state index contributed by atoms with van der Waals surface area (Å²) < 4.78 is 15.7. The Balaban J connectivity index is 2.07. The van der Waals surface area contributed by atoms with Gasteiger partial charge >= 0.3 is 0 Å². The molecule has 1 heterocycles. The molecule has 0 aromatic heterocycles. The minimum atomic E-state index is 0.417. The molecule has 1 unspecified atom stereocenters. The first-order valence-electron chi connectivity index (χ1n) is 6.54.